The van der Waals surface area contributed by atoms with Gasteiger partial charge in [0.15, 0.2) is 11.6 Å². The first-order valence-corrected chi connectivity index (χ1v) is 7.49. The summed E-state index contributed by atoms with van der Waals surface area (Å²) in [5.41, 5.74) is 1.33. The van der Waals surface area contributed by atoms with Crippen molar-refractivity contribution in [3.05, 3.63) is 51.8 Å². The normalized spacial score (nSPS) is 11.5. The SMILES string of the molecule is CC(C)Cn1nc(-c2ccc(F)c(F)c2)cc(CN(C)C)c1=O. The zero-order valence-electron chi connectivity index (χ0n) is 13.8. The van der Waals surface area contributed by atoms with Crippen LogP contribution >= 0.6 is 0 Å². The highest BCUT2D eigenvalue weighted by Crippen LogP contribution is 2.20. The smallest absolute Gasteiger partial charge is 0.271 e. The Balaban J connectivity index is 2.57. The van der Waals surface area contributed by atoms with Crippen LogP contribution in [0.1, 0.15) is 19.4 Å². The van der Waals surface area contributed by atoms with Crippen LogP contribution in [-0.2, 0) is 13.1 Å². The van der Waals surface area contributed by atoms with Crippen molar-refractivity contribution in [2.24, 2.45) is 5.92 Å². The molecule has 0 fully saturated rings. The van der Waals surface area contributed by atoms with Gasteiger partial charge in [0.1, 0.15) is 0 Å². The van der Waals surface area contributed by atoms with E-state index in [1.54, 1.807) is 6.07 Å². The van der Waals surface area contributed by atoms with E-state index >= 15 is 0 Å². The van der Waals surface area contributed by atoms with E-state index in [9.17, 15) is 13.6 Å². The van der Waals surface area contributed by atoms with Crippen LogP contribution in [0.25, 0.3) is 11.3 Å². The molecule has 0 saturated heterocycles. The molecule has 2 aromatic rings. The lowest BCUT2D eigenvalue weighted by atomic mass is 10.1. The van der Waals surface area contributed by atoms with Crippen LogP contribution in [0.3, 0.4) is 0 Å². The first-order valence-electron chi connectivity index (χ1n) is 7.49. The van der Waals surface area contributed by atoms with Gasteiger partial charge in [-0.25, -0.2) is 13.5 Å². The highest BCUT2D eigenvalue weighted by atomic mass is 19.2. The Morgan fingerprint density at radius 3 is 2.43 bits per heavy atom. The third-order valence-corrected chi connectivity index (χ3v) is 3.29. The molecular weight excluding hydrogens is 300 g/mol. The average molecular weight is 321 g/mol. The number of hydrogen-bond donors (Lipinski definition) is 0. The fourth-order valence-electron chi connectivity index (χ4n) is 2.32. The van der Waals surface area contributed by atoms with Gasteiger partial charge in [0, 0.05) is 24.2 Å². The van der Waals surface area contributed by atoms with Gasteiger partial charge in [-0.2, -0.15) is 5.10 Å². The van der Waals surface area contributed by atoms with Crippen LogP contribution in [0.4, 0.5) is 8.78 Å². The molecule has 2 rings (SSSR count). The molecule has 4 nitrogen and oxygen atoms in total. The third-order valence-electron chi connectivity index (χ3n) is 3.29. The molecule has 124 valence electrons. The molecule has 0 spiro atoms. The zero-order chi connectivity index (χ0) is 17.1. The molecule has 0 aliphatic heterocycles. The van der Waals surface area contributed by atoms with E-state index < -0.39 is 11.6 Å². The summed E-state index contributed by atoms with van der Waals surface area (Å²) in [4.78, 5) is 14.4. The molecule has 23 heavy (non-hydrogen) atoms. The molecule has 1 heterocycles. The maximum atomic E-state index is 13.5. The minimum atomic E-state index is -0.930. The van der Waals surface area contributed by atoms with Crippen LogP contribution in [0.15, 0.2) is 29.1 Å². The van der Waals surface area contributed by atoms with Gasteiger partial charge in [-0.15, -0.1) is 0 Å². The molecule has 0 atom stereocenters. The summed E-state index contributed by atoms with van der Waals surface area (Å²) < 4.78 is 28.0. The Labute approximate surface area is 134 Å². The first kappa shape index (κ1) is 17.3. The van der Waals surface area contributed by atoms with Crippen molar-refractivity contribution >= 4 is 0 Å². The fourth-order valence-corrected chi connectivity index (χ4v) is 2.32. The van der Waals surface area contributed by atoms with Gasteiger partial charge in [0.05, 0.1) is 5.69 Å². The third kappa shape index (κ3) is 4.22. The van der Waals surface area contributed by atoms with Gasteiger partial charge in [0.25, 0.3) is 5.56 Å². The van der Waals surface area contributed by atoms with Crippen molar-refractivity contribution in [3.63, 3.8) is 0 Å². The summed E-state index contributed by atoms with van der Waals surface area (Å²) >= 11 is 0. The quantitative estimate of drug-likeness (QED) is 0.850. The van der Waals surface area contributed by atoms with E-state index in [2.05, 4.69) is 5.10 Å². The Morgan fingerprint density at radius 2 is 1.87 bits per heavy atom. The fraction of sp³-hybridized carbons (Fsp3) is 0.412. The van der Waals surface area contributed by atoms with Crippen molar-refractivity contribution in [1.29, 1.82) is 0 Å². The maximum absolute atomic E-state index is 13.5. The van der Waals surface area contributed by atoms with Crippen LogP contribution in [0, 0.1) is 17.6 Å². The second kappa shape index (κ2) is 7.00. The van der Waals surface area contributed by atoms with Crippen molar-refractivity contribution < 1.29 is 8.78 Å². The summed E-state index contributed by atoms with van der Waals surface area (Å²) in [6.07, 6.45) is 0. The highest BCUT2D eigenvalue weighted by molar-refractivity contribution is 5.59. The van der Waals surface area contributed by atoms with Gasteiger partial charge in [-0.1, -0.05) is 13.8 Å². The minimum absolute atomic E-state index is 0.154. The molecule has 1 aromatic carbocycles. The van der Waals surface area contributed by atoms with Crippen molar-refractivity contribution in [2.75, 3.05) is 14.1 Å². The van der Waals surface area contributed by atoms with E-state index in [-0.39, 0.29) is 11.5 Å². The first-order chi connectivity index (χ1) is 10.8. The molecule has 0 bridgehead atoms. The van der Waals surface area contributed by atoms with Gasteiger partial charge < -0.3 is 4.90 Å². The van der Waals surface area contributed by atoms with Gasteiger partial charge in [-0.3, -0.25) is 4.79 Å². The number of aromatic nitrogens is 2. The summed E-state index contributed by atoms with van der Waals surface area (Å²) in [5, 5.41) is 4.32. The standard InChI is InChI=1S/C17H21F2N3O/c1-11(2)9-22-17(23)13(10-21(3)4)8-16(20-22)12-5-6-14(18)15(19)7-12/h5-8,11H,9-10H2,1-4H3. The highest BCUT2D eigenvalue weighted by Gasteiger charge is 2.13. The van der Waals surface area contributed by atoms with Crippen LogP contribution in [-0.4, -0.2) is 28.8 Å². The van der Waals surface area contributed by atoms with E-state index in [1.807, 2.05) is 32.8 Å². The van der Waals surface area contributed by atoms with Crippen LogP contribution in [0.5, 0.6) is 0 Å². The zero-order valence-corrected chi connectivity index (χ0v) is 13.8. The van der Waals surface area contributed by atoms with Gasteiger partial charge in [0.2, 0.25) is 0 Å². The second-order valence-electron chi connectivity index (χ2n) is 6.30. The number of rotatable bonds is 5. The van der Waals surface area contributed by atoms with Gasteiger partial charge >= 0.3 is 0 Å². The summed E-state index contributed by atoms with van der Waals surface area (Å²) in [7, 11) is 3.73. The molecule has 0 aliphatic rings. The predicted octanol–water partition coefficient (Wildman–Crippen LogP) is 2.91. The molecule has 0 saturated carbocycles. The lowest BCUT2D eigenvalue weighted by Gasteiger charge is -2.15. The number of nitrogens with zero attached hydrogens (tertiary/aromatic N) is 3. The topological polar surface area (TPSA) is 38.1 Å². The van der Waals surface area contributed by atoms with Gasteiger partial charge in [-0.05, 0) is 44.3 Å². The predicted molar refractivity (Wildman–Crippen MR) is 86.1 cm³/mol. The lowest BCUT2D eigenvalue weighted by molar-refractivity contribution is 0.392. The summed E-state index contributed by atoms with van der Waals surface area (Å²) in [6, 6.07) is 5.27. The van der Waals surface area contributed by atoms with E-state index in [1.165, 1.54) is 10.7 Å². The van der Waals surface area contributed by atoms with Crippen LogP contribution < -0.4 is 5.56 Å². The number of hydrogen-bond acceptors (Lipinski definition) is 3. The molecule has 0 unspecified atom stereocenters. The minimum Gasteiger partial charge on any atom is -0.305 e. The Hall–Kier alpha value is -2.08. The van der Waals surface area contributed by atoms with Crippen molar-refractivity contribution in [1.82, 2.24) is 14.7 Å². The monoisotopic (exact) mass is 321 g/mol. The van der Waals surface area contributed by atoms with E-state index in [4.69, 9.17) is 0 Å². The van der Waals surface area contributed by atoms with E-state index in [0.717, 1.165) is 12.1 Å². The average Bonchev–Trinajstić information content (AvgIpc) is 2.45. The molecule has 0 N–H and O–H groups in total. The van der Waals surface area contributed by atoms with Crippen molar-refractivity contribution in [2.45, 2.75) is 26.9 Å². The Kier molecular flexibility index (Phi) is 5.26. The molecule has 1 aromatic heterocycles. The maximum Gasteiger partial charge on any atom is 0.271 e. The molecule has 0 aliphatic carbocycles. The number of halogens is 2. The molecule has 0 amide bonds. The Bertz CT molecular complexity index is 720. The molecular formula is C17H21F2N3O. The van der Waals surface area contributed by atoms with Crippen molar-refractivity contribution in [3.8, 4) is 11.3 Å². The second-order valence-corrected chi connectivity index (χ2v) is 6.30. The summed E-state index contributed by atoms with van der Waals surface area (Å²) in [5.74, 6) is -1.59. The lowest BCUT2D eigenvalue weighted by Crippen LogP contribution is -2.30. The van der Waals surface area contributed by atoms with E-state index in [0.29, 0.717) is 29.9 Å². The number of benzene rings is 1. The largest absolute Gasteiger partial charge is 0.305 e. The molecule has 0 radical (unpaired) electrons. The molecule has 6 heteroatoms. The Morgan fingerprint density at radius 1 is 1.17 bits per heavy atom. The van der Waals surface area contributed by atoms with Crippen LogP contribution in [0.2, 0.25) is 0 Å². The summed E-state index contributed by atoms with van der Waals surface area (Å²) in [6.45, 7) is 4.90.